The van der Waals surface area contributed by atoms with E-state index in [-0.39, 0.29) is 0 Å². The third-order valence-corrected chi connectivity index (χ3v) is 3.14. The molecule has 2 heteroatoms. The predicted molar refractivity (Wildman–Crippen MR) is 56.3 cm³/mol. The summed E-state index contributed by atoms with van der Waals surface area (Å²) in [7, 11) is 0. The quantitative estimate of drug-likeness (QED) is 0.520. The number of benzene rings is 1. The van der Waals surface area contributed by atoms with Crippen LogP contribution in [0.4, 0.5) is 0 Å². The predicted octanol–water partition coefficient (Wildman–Crippen LogP) is 3.96. The molecule has 0 aliphatic rings. The average molecular weight is 188 g/mol. The topological polar surface area (TPSA) is 13.1 Å². The minimum atomic E-state index is 0.980. The van der Waals surface area contributed by atoms with Crippen LogP contribution in [0.1, 0.15) is 5.76 Å². The summed E-state index contributed by atoms with van der Waals surface area (Å²) < 4.78 is 6.88. The minimum Gasteiger partial charge on any atom is -0.461 e. The van der Waals surface area contributed by atoms with E-state index in [1.54, 1.807) is 11.3 Å². The molecular weight excluding hydrogens is 180 g/mol. The van der Waals surface area contributed by atoms with Crippen molar-refractivity contribution < 1.29 is 4.42 Å². The van der Waals surface area contributed by atoms with E-state index < -0.39 is 0 Å². The van der Waals surface area contributed by atoms with Gasteiger partial charge in [0, 0.05) is 15.5 Å². The van der Waals surface area contributed by atoms with Gasteiger partial charge in [0.15, 0.2) is 0 Å². The smallest absolute Gasteiger partial charge is 0.134 e. The Morgan fingerprint density at radius 1 is 1.15 bits per heavy atom. The van der Waals surface area contributed by atoms with Gasteiger partial charge in [0.1, 0.15) is 11.3 Å². The number of aryl methyl sites for hydroxylation is 1. The average Bonchev–Trinajstić information content (AvgIpc) is 2.65. The van der Waals surface area contributed by atoms with Crippen molar-refractivity contribution in [2.45, 2.75) is 6.92 Å². The molecule has 0 aliphatic heterocycles. The summed E-state index contributed by atoms with van der Waals surface area (Å²) in [6, 6.07) is 8.41. The first kappa shape index (κ1) is 7.15. The third-order valence-electron chi connectivity index (χ3n) is 2.26. The van der Waals surface area contributed by atoms with Crippen LogP contribution in [-0.2, 0) is 0 Å². The molecular formula is C11H8OS. The van der Waals surface area contributed by atoms with Gasteiger partial charge in [-0.3, -0.25) is 0 Å². The Labute approximate surface area is 79.6 Å². The van der Waals surface area contributed by atoms with E-state index in [4.69, 9.17) is 4.42 Å². The number of thiophene rings is 1. The first-order valence-electron chi connectivity index (χ1n) is 4.21. The summed E-state index contributed by atoms with van der Waals surface area (Å²) in [6.45, 7) is 1.98. The van der Waals surface area contributed by atoms with Crippen LogP contribution in [0.25, 0.3) is 21.1 Å². The number of fused-ring (bicyclic) bond motifs is 3. The van der Waals surface area contributed by atoms with Crippen molar-refractivity contribution in [2.24, 2.45) is 0 Å². The molecule has 0 saturated heterocycles. The molecule has 0 atom stereocenters. The Kier molecular flexibility index (Phi) is 1.30. The molecule has 1 aromatic carbocycles. The molecule has 0 amide bonds. The van der Waals surface area contributed by atoms with Gasteiger partial charge in [-0.1, -0.05) is 0 Å². The highest BCUT2D eigenvalue weighted by molar-refractivity contribution is 7.17. The van der Waals surface area contributed by atoms with Gasteiger partial charge in [-0.25, -0.2) is 0 Å². The van der Waals surface area contributed by atoms with Crippen LogP contribution in [0.3, 0.4) is 0 Å². The second-order valence-electron chi connectivity index (χ2n) is 3.17. The second-order valence-corrected chi connectivity index (χ2v) is 4.11. The molecule has 0 saturated carbocycles. The molecule has 2 aromatic heterocycles. The molecule has 64 valence electrons. The molecule has 1 nitrogen and oxygen atoms in total. The maximum absolute atomic E-state index is 5.55. The Balaban J connectivity index is 2.64. The van der Waals surface area contributed by atoms with Gasteiger partial charge in [-0.2, -0.15) is 0 Å². The molecule has 0 spiro atoms. The Morgan fingerprint density at radius 2 is 2.08 bits per heavy atom. The van der Waals surface area contributed by atoms with E-state index in [0.29, 0.717) is 0 Å². The highest BCUT2D eigenvalue weighted by atomic mass is 32.1. The fourth-order valence-corrected chi connectivity index (χ4v) is 2.49. The maximum Gasteiger partial charge on any atom is 0.134 e. The number of hydrogen-bond acceptors (Lipinski definition) is 2. The van der Waals surface area contributed by atoms with Gasteiger partial charge in [-0.05, 0) is 36.6 Å². The van der Waals surface area contributed by atoms with Gasteiger partial charge in [0.05, 0.1) is 0 Å². The van der Waals surface area contributed by atoms with Gasteiger partial charge >= 0.3 is 0 Å². The van der Waals surface area contributed by atoms with Crippen LogP contribution in [0.15, 0.2) is 34.1 Å². The highest BCUT2D eigenvalue weighted by Crippen LogP contribution is 2.30. The molecule has 2 heterocycles. The second kappa shape index (κ2) is 2.36. The molecule has 0 unspecified atom stereocenters. The van der Waals surface area contributed by atoms with E-state index >= 15 is 0 Å². The lowest BCUT2D eigenvalue weighted by Crippen LogP contribution is -1.63. The molecule has 0 aliphatic carbocycles. The summed E-state index contributed by atoms with van der Waals surface area (Å²) in [5.74, 6) is 0.980. The van der Waals surface area contributed by atoms with Gasteiger partial charge in [0.25, 0.3) is 0 Å². The zero-order valence-corrected chi connectivity index (χ0v) is 8.02. The Morgan fingerprint density at radius 3 is 3.00 bits per heavy atom. The van der Waals surface area contributed by atoms with Crippen LogP contribution < -0.4 is 0 Å². The van der Waals surface area contributed by atoms with Crippen molar-refractivity contribution in [1.29, 1.82) is 0 Å². The number of rotatable bonds is 0. The Bertz CT molecular complexity index is 574. The summed E-state index contributed by atoms with van der Waals surface area (Å²) in [5, 5.41) is 4.66. The normalized spacial score (nSPS) is 11.5. The van der Waals surface area contributed by atoms with Crippen LogP contribution in [0.2, 0.25) is 0 Å². The fourth-order valence-electron chi connectivity index (χ4n) is 1.69. The number of hydrogen-bond donors (Lipinski definition) is 0. The number of furan rings is 1. The van der Waals surface area contributed by atoms with E-state index in [9.17, 15) is 0 Å². The molecule has 0 radical (unpaired) electrons. The first-order valence-corrected chi connectivity index (χ1v) is 5.09. The fraction of sp³-hybridized carbons (Fsp3) is 0.0909. The monoisotopic (exact) mass is 188 g/mol. The van der Waals surface area contributed by atoms with Crippen molar-refractivity contribution in [3.8, 4) is 0 Å². The summed E-state index contributed by atoms with van der Waals surface area (Å²) >= 11 is 1.77. The van der Waals surface area contributed by atoms with Gasteiger partial charge in [0.2, 0.25) is 0 Å². The molecule has 0 N–H and O–H groups in total. The molecule has 0 fully saturated rings. The van der Waals surface area contributed by atoms with Crippen molar-refractivity contribution in [3.05, 3.63) is 35.4 Å². The van der Waals surface area contributed by atoms with Crippen LogP contribution in [0.5, 0.6) is 0 Å². The van der Waals surface area contributed by atoms with Crippen molar-refractivity contribution >= 4 is 32.4 Å². The van der Waals surface area contributed by atoms with E-state index in [1.165, 1.54) is 15.5 Å². The van der Waals surface area contributed by atoms with Crippen LogP contribution >= 0.6 is 11.3 Å². The SMILES string of the molecule is Cc1cc2c(ccc3sccc32)o1. The van der Waals surface area contributed by atoms with E-state index in [1.807, 2.05) is 13.0 Å². The zero-order valence-electron chi connectivity index (χ0n) is 7.20. The lowest BCUT2D eigenvalue weighted by Gasteiger charge is -1.89. The minimum absolute atomic E-state index is 0.980. The lowest BCUT2D eigenvalue weighted by atomic mass is 10.2. The van der Waals surface area contributed by atoms with Crippen molar-refractivity contribution in [1.82, 2.24) is 0 Å². The lowest BCUT2D eigenvalue weighted by molar-refractivity contribution is 0.579. The van der Waals surface area contributed by atoms with E-state index in [2.05, 4.69) is 23.6 Å². The summed E-state index contributed by atoms with van der Waals surface area (Å²) in [4.78, 5) is 0. The van der Waals surface area contributed by atoms with Gasteiger partial charge in [-0.15, -0.1) is 11.3 Å². The summed E-state index contributed by atoms with van der Waals surface area (Å²) in [6.07, 6.45) is 0. The molecule has 0 bridgehead atoms. The van der Waals surface area contributed by atoms with Crippen LogP contribution in [0, 0.1) is 6.92 Å². The van der Waals surface area contributed by atoms with Crippen LogP contribution in [-0.4, -0.2) is 0 Å². The van der Waals surface area contributed by atoms with Crippen molar-refractivity contribution in [3.63, 3.8) is 0 Å². The maximum atomic E-state index is 5.55. The molecule has 13 heavy (non-hydrogen) atoms. The molecule has 3 rings (SSSR count). The zero-order chi connectivity index (χ0) is 8.84. The standard InChI is InChI=1S/C11H8OS/c1-7-6-9-8-4-5-13-11(8)3-2-10(9)12-7/h2-6H,1H3. The van der Waals surface area contributed by atoms with Gasteiger partial charge < -0.3 is 4.42 Å². The highest BCUT2D eigenvalue weighted by Gasteiger charge is 2.04. The van der Waals surface area contributed by atoms with E-state index in [0.717, 1.165) is 11.3 Å². The Hall–Kier alpha value is -1.28. The third kappa shape index (κ3) is 0.923. The summed E-state index contributed by atoms with van der Waals surface area (Å²) in [5.41, 5.74) is 0.989. The molecule has 3 aromatic rings. The first-order chi connectivity index (χ1) is 6.34. The largest absolute Gasteiger partial charge is 0.461 e. The van der Waals surface area contributed by atoms with Crippen molar-refractivity contribution in [2.75, 3.05) is 0 Å².